The molecule has 4 nitrogen and oxygen atoms in total. The first-order valence-corrected chi connectivity index (χ1v) is 6.19. The topological polar surface area (TPSA) is 55.4 Å². The molecule has 0 saturated carbocycles. The molecule has 0 aliphatic heterocycles. The highest BCUT2D eigenvalue weighted by atomic mass is 35.5. The number of hydrogen-bond acceptors (Lipinski definition) is 3. The number of carbonyl (C=O) groups excluding carboxylic acids is 2. The van der Waals surface area contributed by atoms with Gasteiger partial charge in [0.1, 0.15) is 5.88 Å². The third kappa shape index (κ3) is 4.37. The number of hydrogen-bond donors (Lipinski definition) is 1. The number of ether oxygens (including phenoxy) is 1. The third-order valence-electron chi connectivity index (χ3n) is 2.27. The van der Waals surface area contributed by atoms with Crippen LogP contribution in [0.4, 0.5) is 5.69 Å². The lowest BCUT2D eigenvalue weighted by Gasteiger charge is -2.20. The summed E-state index contributed by atoms with van der Waals surface area (Å²) < 4.78 is 5.01. The summed E-state index contributed by atoms with van der Waals surface area (Å²) in [4.78, 5) is 23.1. The number of carbonyl (C=O) groups is 2. The third-order valence-corrected chi connectivity index (χ3v) is 2.49. The quantitative estimate of drug-likeness (QED) is 0.660. The second-order valence-electron chi connectivity index (χ2n) is 4.14. The summed E-state index contributed by atoms with van der Waals surface area (Å²) in [5, 5.41) is 2.69. The molecule has 0 radical (unpaired) electrons. The van der Waals surface area contributed by atoms with E-state index >= 15 is 0 Å². The molecule has 0 saturated heterocycles. The van der Waals surface area contributed by atoms with E-state index in [1.165, 1.54) is 0 Å². The maximum atomic E-state index is 12.0. The molecule has 1 amide bonds. The molecule has 1 aromatic rings. The lowest BCUT2D eigenvalue weighted by atomic mass is 10.1. The predicted molar refractivity (Wildman–Crippen MR) is 70.5 cm³/mol. The Labute approximate surface area is 111 Å². The van der Waals surface area contributed by atoms with Crippen LogP contribution in [0.1, 0.15) is 13.8 Å². The van der Waals surface area contributed by atoms with Gasteiger partial charge in [0, 0.05) is 5.69 Å². The highest BCUT2D eigenvalue weighted by Crippen LogP contribution is 2.12. The SMILES string of the molecule is CC(C)[C@H](OC(=O)CCl)C(=O)Nc1ccccc1. The van der Waals surface area contributed by atoms with Gasteiger partial charge in [0.15, 0.2) is 6.10 Å². The van der Waals surface area contributed by atoms with Gasteiger partial charge in [0.05, 0.1) is 0 Å². The van der Waals surface area contributed by atoms with Gasteiger partial charge in [-0.2, -0.15) is 0 Å². The Balaban J connectivity index is 2.68. The zero-order chi connectivity index (χ0) is 13.5. The van der Waals surface area contributed by atoms with Gasteiger partial charge in [-0.3, -0.25) is 9.59 Å². The van der Waals surface area contributed by atoms with E-state index in [2.05, 4.69) is 5.32 Å². The van der Waals surface area contributed by atoms with Gasteiger partial charge in [-0.05, 0) is 18.1 Å². The van der Waals surface area contributed by atoms with Crippen LogP contribution in [0.3, 0.4) is 0 Å². The number of esters is 1. The van der Waals surface area contributed by atoms with E-state index < -0.39 is 12.1 Å². The minimum Gasteiger partial charge on any atom is -0.451 e. The van der Waals surface area contributed by atoms with Crippen LogP contribution in [0.15, 0.2) is 30.3 Å². The van der Waals surface area contributed by atoms with Crippen molar-refractivity contribution in [1.29, 1.82) is 0 Å². The minimum absolute atomic E-state index is 0.124. The van der Waals surface area contributed by atoms with E-state index in [-0.39, 0.29) is 17.7 Å². The van der Waals surface area contributed by atoms with Crippen molar-refractivity contribution in [3.8, 4) is 0 Å². The smallest absolute Gasteiger partial charge is 0.321 e. The van der Waals surface area contributed by atoms with E-state index in [9.17, 15) is 9.59 Å². The molecular formula is C13H16ClNO3. The van der Waals surface area contributed by atoms with Crippen LogP contribution in [0.2, 0.25) is 0 Å². The standard InChI is InChI=1S/C13H16ClNO3/c1-9(2)12(18-11(16)8-14)13(17)15-10-6-4-3-5-7-10/h3-7,9,12H,8H2,1-2H3,(H,15,17)/t12-/m0/s1. The van der Waals surface area contributed by atoms with Crippen molar-refractivity contribution in [2.24, 2.45) is 5.92 Å². The molecule has 0 aromatic heterocycles. The summed E-state index contributed by atoms with van der Waals surface area (Å²) in [5.41, 5.74) is 0.662. The van der Waals surface area contributed by atoms with Gasteiger partial charge in [-0.15, -0.1) is 11.6 Å². The molecular weight excluding hydrogens is 254 g/mol. The number of para-hydroxylation sites is 1. The lowest BCUT2D eigenvalue weighted by molar-refractivity contribution is -0.154. The highest BCUT2D eigenvalue weighted by Gasteiger charge is 2.26. The first-order valence-electron chi connectivity index (χ1n) is 5.66. The van der Waals surface area contributed by atoms with Crippen LogP contribution in [-0.4, -0.2) is 23.9 Å². The van der Waals surface area contributed by atoms with Crippen molar-refractivity contribution < 1.29 is 14.3 Å². The molecule has 0 bridgehead atoms. The van der Waals surface area contributed by atoms with Crippen LogP contribution in [0, 0.1) is 5.92 Å². The fourth-order valence-electron chi connectivity index (χ4n) is 1.40. The van der Waals surface area contributed by atoms with Crippen molar-refractivity contribution in [2.75, 3.05) is 11.2 Å². The summed E-state index contributed by atoms with van der Waals surface area (Å²) in [7, 11) is 0. The molecule has 1 rings (SSSR count). The average molecular weight is 270 g/mol. The molecule has 18 heavy (non-hydrogen) atoms. The van der Waals surface area contributed by atoms with Crippen LogP contribution < -0.4 is 5.32 Å². The van der Waals surface area contributed by atoms with Gasteiger partial charge in [0.2, 0.25) is 0 Å². The Hall–Kier alpha value is -1.55. The van der Waals surface area contributed by atoms with Gasteiger partial charge < -0.3 is 10.1 Å². The van der Waals surface area contributed by atoms with Crippen molar-refractivity contribution in [3.05, 3.63) is 30.3 Å². The summed E-state index contributed by atoms with van der Waals surface area (Å²) >= 11 is 5.36. The van der Waals surface area contributed by atoms with Gasteiger partial charge in [0.25, 0.3) is 5.91 Å². The summed E-state index contributed by atoms with van der Waals surface area (Å²) in [6.45, 7) is 3.60. The molecule has 98 valence electrons. The maximum absolute atomic E-state index is 12.0. The maximum Gasteiger partial charge on any atom is 0.321 e. The van der Waals surface area contributed by atoms with Gasteiger partial charge >= 0.3 is 5.97 Å². The lowest BCUT2D eigenvalue weighted by Crippen LogP contribution is -2.36. The van der Waals surface area contributed by atoms with Crippen LogP contribution in [0.25, 0.3) is 0 Å². The number of nitrogens with one attached hydrogen (secondary N) is 1. The number of halogens is 1. The van der Waals surface area contributed by atoms with Crippen LogP contribution in [0.5, 0.6) is 0 Å². The molecule has 5 heteroatoms. The Morgan fingerprint density at radius 2 is 1.89 bits per heavy atom. The first kappa shape index (κ1) is 14.5. The van der Waals surface area contributed by atoms with E-state index in [1.807, 2.05) is 18.2 Å². The molecule has 0 unspecified atom stereocenters. The Kier molecular flexibility index (Phi) is 5.65. The summed E-state index contributed by atoms with van der Waals surface area (Å²) in [6, 6.07) is 9.00. The van der Waals surface area contributed by atoms with Crippen molar-refractivity contribution in [1.82, 2.24) is 0 Å². The number of alkyl halides is 1. The van der Waals surface area contributed by atoms with Crippen LogP contribution >= 0.6 is 11.6 Å². The number of rotatable bonds is 5. The minimum atomic E-state index is -0.837. The number of benzene rings is 1. The first-order chi connectivity index (χ1) is 8.54. The van der Waals surface area contributed by atoms with E-state index in [4.69, 9.17) is 16.3 Å². The zero-order valence-electron chi connectivity index (χ0n) is 10.4. The molecule has 0 aliphatic carbocycles. The Morgan fingerprint density at radius 3 is 2.39 bits per heavy atom. The summed E-state index contributed by atoms with van der Waals surface area (Å²) in [6.07, 6.45) is -0.837. The van der Waals surface area contributed by atoms with Crippen molar-refractivity contribution in [2.45, 2.75) is 20.0 Å². The fourth-order valence-corrected chi connectivity index (χ4v) is 1.46. The Bertz CT molecular complexity index is 406. The monoisotopic (exact) mass is 269 g/mol. The highest BCUT2D eigenvalue weighted by molar-refractivity contribution is 6.26. The van der Waals surface area contributed by atoms with Crippen molar-refractivity contribution in [3.63, 3.8) is 0 Å². The molecule has 0 fully saturated rings. The molecule has 0 heterocycles. The van der Waals surface area contributed by atoms with Crippen LogP contribution in [-0.2, 0) is 14.3 Å². The molecule has 1 atom stereocenters. The predicted octanol–water partition coefficient (Wildman–Crippen LogP) is 2.43. The Morgan fingerprint density at radius 1 is 1.28 bits per heavy atom. The van der Waals surface area contributed by atoms with E-state index in [1.54, 1.807) is 26.0 Å². The zero-order valence-corrected chi connectivity index (χ0v) is 11.1. The van der Waals surface area contributed by atoms with E-state index in [0.29, 0.717) is 5.69 Å². The largest absolute Gasteiger partial charge is 0.451 e. The average Bonchev–Trinajstić information content (AvgIpc) is 2.36. The molecule has 0 spiro atoms. The number of anilines is 1. The van der Waals surface area contributed by atoms with Gasteiger partial charge in [-0.1, -0.05) is 32.0 Å². The van der Waals surface area contributed by atoms with Crippen molar-refractivity contribution >= 4 is 29.2 Å². The number of amides is 1. The second-order valence-corrected chi connectivity index (χ2v) is 4.41. The van der Waals surface area contributed by atoms with E-state index in [0.717, 1.165) is 0 Å². The molecule has 1 N–H and O–H groups in total. The van der Waals surface area contributed by atoms with Gasteiger partial charge in [-0.25, -0.2) is 0 Å². The fraction of sp³-hybridized carbons (Fsp3) is 0.385. The molecule has 1 aromatic carbocycles. The normalized spacial score (nSPS) is 12.0. The second kappa shape index (κ2) is 7.01. The summed E-state index contributed by atoms with van der Waals surface area (Å²) in [5.74, 6) is -1.34. The molecule has 0 aliphatic rings.